The van der Waals surface area contributed by atoms with Gasteiger partial charge in [0.1, 0.15) is 5.82 Å². The Morgan fingerprint density at radius 2 is 2.00 bits per heavy atom. The molecule has 1 amide bonds. The van der Waals surface area contributed by atoms with Gasteiger partial charge in [0, 0.05) is 23.2 Å². The summed E-state index contributed by atoms with van der Waals surface area (Å²) in [4.78, 5) is 18.6. The number of amides is 1. The summed E-state index contributed by atoms with van der Waals surface area (Å²) in [5.41, 5.74) is 2.16. The maximum absolute atomic E-state index is 9.94. The van der Waals surface area contributed by atoms with Crippen molar-refractivity contribution in [2.45, 2.75) is 70.3 Å². The van der Waals surface area contributed by atoms with Gasteiger partial charge >= 0.3 is 6.09 Å². The molecule has 27 heavy (non-hydrogen) atoms. The molecule has 0 saturated heterocycles. The average molecular weight is 372 g/mol. The van der Waals surface area contributed by atoms with Crippen LogP contribution in [0.2, 0.25) is 0 Å². The Kier molecular flexibility index (Phi) is 5.93. The second kappa shape index (κ2) is 8.37. The van der Waals surface area contributed by atoms with Crippen LogP contribution in [-0.2, 0) is 6.42 Å². The Balaban J connectivity index is 0.000000221. The first-order valence-corrected chi connectivity index (χ1v) is 9.62. The molecule has 2 heterocycles. The van der Waals surface area contributed by atoms with E-state index in [9.17, 15) is 4.79 Å². The van der Waals surface area contributed by atoms with E-state index in [1.54, 1.807) is 12.4 Å². The number of rotatable bonds is 5. The molecule has 2 saturated carbocycles. The van der Waals surface area contributed by atoms with Gasteiger partial charge in [0.05, 0.1) is 18.1 Å². The topological polar surface area (TPSA) is 116 Å². The molecule has 146 valence electrons. The van der Waals surface area contributed by atoms with Crippen LogP contribution in [0.5, 0.6) is 0 Å². The van der Waals surface area contributed by atoms with Crippen LogP contribution in [-0.4, -0.2) is 36.9 Å². The number of aromatic amines is 1. The van der Waals surface area contributed by atoms with Crippen LogP contribution in [0.25, 0.3) is 0 Å². The lowest BCUT2D eigenvalue weighted by molar-refractivity contribution is 0.189. The Morgan fingerprint density at radius 3 is 2.52 bits per heavy atom. The van der Waals surface area contributed by atoms with Crippen molar-refractivity contribution in [3.63, 3.8) is 0 Å². The highest BCUT2D eigenvalue weighted by Crippen LogP contribution is 2.34. The molecule has 4 rings (SSSR count). The fourth-order valence-corrected chi connectivity index (χ4v) is 3.15. The monoisotopic (exact) mass is 372 g/mol. The maximum Gasteiger partial charge on any atom is 0.405 e. The quantitative estimate of drug-likeness (QED) is 0.631. The number of nitrogens with one attached hydrogen (secondary N) is 3. The van der Waals surface area contributed by atoms with Gasteiger partial charge in [0.15, 0.2) is 5.82 Å². The molecular formula is C19H28N6O2. The van der Waals surface area contributed by atoms with Crippen LogP contribution in [0, 0.1) is 0 Å². The molecule has 2 aliphatic rings. The van der Waals surface area contributed by atoms with Crippen molar-refractivity contribution in [1.29, 1.82) is 0 Å². The molecular weight excluding hydrogens is 344 g/mol. The summed E-state index contributed by atoms with van der Waals surface area (Å²) < 4.78 is 0. The first kappa shape index (κ1) is 19.1. The zero-order valence-electron chi connectivity index (χ0n) is 16.0. The highest BCUT2D eigenvalue weighted by molar-refractivity contribution is 5.66. The zero-order valence-corrected chi connectivity index (χ0v) is 16.0. The number of aryl methyl sites for hydroxylation is 1. The fraction of sp³-hybridized carbons (Fsp3) is 0.579. The SMILES string of the molecule is CC1(NC(=O)O)CC1.CCc1cnc(Nc2cc(C3CCCC3)[nH]n2)cn1. The van der Waals surface area contributed by atoms with E-state index in [1.165, 1.54) is 31.4 Å². The molecule has 8 nitrogen and oxygen atoms in total. The molecule has 4 N–H and O–H groups in total. The molecule has 0 atom stereocenters. The molecule has 0 radical (unpaired) electrons. The Labute approximate surface area is 159 Å². The highest BCUT2D eigenvalue weighted by atomic mass is 16.4. The van der Waals surface area contributed by atoms with Crippen molar-refractivity contribution in [2.24, 2.45) is 0 Å². The predicted octanol–water partition coefficient (Wildman–Crippen LogP) is 3.97. The zero-order chi connectivity index (χ0) is 19.3. The third-order valence-electron chi connectivity index (χ3n) is 5.13. The lowest BCUT2D eigenvalue weighted by Crippen LogP contribution is -2.32. The van der Waals surface area contributed by atoms with Crippen LogP contribution in [0.1, 0.15) is 69.7 Å². The van der Waals surface area contributed by atoms with Crippen molar-refractivity contribution in [3.8, 4) is 0 Å². The van der Waals surface area contributed by atoms with E-state index in [-0.39, 0.29) is 5.54 Å². The second-order valence-corrected chi connectivity index (χ2v) is 7.55. The molecule has 0 aromatic carbocycles. The minimum Gasteiger partial charge on any atom is -0.465 e. The van der Waals surface area contributed by atoms with Gasteiger partial charge in [-0.15, -0.1) is 0 Å². The number of hydrogen-bond donors (Lipinski definition) is 4. The average Bonchev–Trinajstić information content (AvgIpc) is 3.08. The molecule has 2 aromatic heterocycles. The summed E-state index contributed by atoms with van der Waals surface area (Å²) in [6.45, 7) is 3.97. The van der Waals surface area contributed by atoms with Gasteiger partial charge in [-0.1, -0.05) is 19.8 Å². The number of hydrogen-bond acceptors (Lipinski definition) is 5. The molecule has 2 fully saturated rings. The van der Waals surface area contributed by atoms with Gasteiger partial charge in [0.2, 0.25) is 0 Å². The van der Waals surface area contributed by atoms with Crippen LogP contribution >= 0.6 is 0 Å². The van der Waals surface area contributed by atoms with Gasteiger partial charge < -0.3 is 15.7 Å². The lowest BCUT2D eigenvalue weighted by Gasteiger charge is -2.04. The van der Waals surface area contributed by atoms with Crippen molar-refractivity contribution >= 4 is 17.7 Å². The number of H-pyrrole nitrogens is 1. The van der Waals surface area contributed by atoms with E-state index < -0.39 is 6.09 Å². The van der Waals surface area contributed by atoms with Gasteiger partial charge in [-0.25, -0.2) is 9.78 Å². The standard InChI is InChI=1S/C14H19N5.C5H9NO2/c1-2-11-8-16-14(9-15-11)17-13-7-12(18-19-13)10-5-3-4-6-10;1-5(2-3-5)6-4(7)8/h7-10H,2-6H2,1H3,(H2,16,17,18,19);6H,2-3H2,1H3,(H,7,8). The van der Waals surface area contributed by atoms with Crippen LogP contribution in [0.15, 0.2) is 18.5 Å². The summed E-state index contributed by atoms with van der Waals surface area (Å²) in [5.74, 6) is 2.21. The minimum absolute atomic E-state index is 0.0775. The van der Waals surface area contributed by atoms with Crippen LogP contribution < -0.4 is 10.6 Å². The number of carboxylic acid groups (broad SMARTS) is 1. The summed E-state index contributed by atoms with van der Waals surface area (Å²) in [6, 6.07) is 2.09. The molecule has 2 aromatic rings. The fourth-order valence-electron chi connectivity index (χ4n) is 3.15. The highest BCUT2D eigenvalue weighted by Gasteiger charge is 2.38. The van der Waals surface area contributed by atoms with Crippen LogP contribution in [0.4, 0.5) is 16.4 Å². The third kappa shape index (κ3) is 5.67. The van der Waals surface area contributed by atoms with E-state index in [0.717, 1.165) is 36.6 Å². The number of aromatic nitrogens is 4. The molecule has 8 heteroatoms. The molecule has 0 unspecified atom stereocenters. The summed E-state index contributed by atoms with van der Waals surface area (Å²) in [7, 11) is 0. The summed E-state index contributed by atoms with van der Waals surface area (Å²) >= 11 is 0. The smallest absolute Gasteiger partial charge is 0.405 e. The lowest BCUT2D eigenvalue weighted by atomic mass is 10.0. The first-order valence-electron chi connectivity index (χ1n) is 9.62. The Morgan fingerprint density at radius 1 is 1.26 bits per heavy atom. The van der Waals surface area contributed by atoms with E-state index in [1.807, 2.05) is 6.92 Å². The Hall–Kier alpha value is -2.64. The normalized spacial score (nSPS) is 17.7. The molecule has 0 bridgehead atoms. The maximum atomic E-state index is 9.94. The van der Waals surface area contributed by atoms with Crippen LogP contribution in [0.3, 0.4) is 0 Å². The van der Waals surface area contributed by atoms with E-state index in [2.05, 4.69) is 43.8 Å². The number of carbonyl (C=O) groups is 1. The van der Waals surface area contributed by atoms with E-state index >= 15 is 0 Å². The van der Waals surface area contributed by atoms with E-state index in [0.29, 0.717) is 5.92 Å². The van der Waals surface area contributed by atoms with Gasteiger partial charge in [-0.05, 0) is 39.0 Å². The summed E-state index contributed by atoms with van der Waals surface area (Å²) in [5, 5.41) is 21.2. The molecule has 0 spiro atoms. The summed E-state index contributed by atoms with van der Waals surface area (Å²) in [6.07, 6.45) is 10.7. The molecule has 0 aliphatic heterocycles. The largest absolute Gasteiger partial charge is 0.465 e. The first-order chi connectivity index (χ1) is 13.0. The predicted molar refractivity (Wildman–Crippen MR) is 103 cm³/mol. The van der Waals surface area contributed by atoms with Gasteiger partial charge in [-0.2, -0.15) is 5.10 Å². The minimum atomic E-state index is -0.912. The number of anilines is 2. The number of nitrogens with zero attached hydrogens (tertiary/aromatic N) is 3. The second-order valence-electron chi connectivity index (χ2n) is 7.55. The third-order valence-corrected chi connectivity index (χ3v) is 5.13. The van der Waals surface area contributed by atoms with Crippen molar-refractivity contribution in [1.82, 2.24) is 25.5 Å². The van der Waals surface area contributed by atoms with Gasteiger partial charge in [0.25, 0.3) is 0 Å². The van der Waals surface area contributed by atoms with Gasteiger partial charge in [-0.3, -0.25) is 10.1 Å². The Bertz CT molecular complexity index is 748. The van der Waals surface area contributed by atoms with Crippen molar-refractivity contribution in [2.75, 3.05) is 5.32 Å². The molecule has 2 aliphatic carbocycles. The van der Waals surface area contributed by atoms with E-state index in [4.69, 9.17) is 5.11 Å². The van der Waals surface area contributed by atoms with Crippen molar-refractivity contribution < 1.29 is 9.90 Å². The van der Waals surface area contributed by atoms with Crippen molar-refractivity contribution in [3.05, 3.63) is 29.8 Å².